The molecule has 1 aliphatic carbocycles. The summed E-state index contributed by atoms with van der Waals surface area (Å²) in [4.78, 5) is 24.7. The summed E-state index contributed by atoms with van der Waals surface area (Å²) >= 11 is 2.92. The van der Waals surface area contributed by atoms with Gasteiger partial charge in [-0.25, -0.2) is 4.98 Å². The minimum absolute atomic E-state index is 0.0281. The fourth-order valence-electron chi connectivity index (χ4n) is 3.20. The van der Waals surface area contributed by atoms with Crippen LogP contribution in [0.15, 0.2) is 38.1 Å². The van der Waals surface area contributed by atoms with Crippen molar-refractivity contribution in [3.8, 4) is 0 Å². The molecular weight excluding hydrogens is 354 g/mol. The van der Waals surface area contributed by atoms with Crippen molar-refractivity contribution in [1.82, 2.24) is 9.88 Å². The Morgan fingerprint density at radius 2 is 2.20 bits per heavy atom. The molecule has 2 fully saturated rings. The highest BCUT2D eigenvalue weighted by Crippen LogP contribution is 2.38. The third kappa shape index (κ3) is 3.57. The molecule has 4 rings (SSSR count). The average molecular weight is 374 g/mol. The van der Waals surface area contributed by atoms with Crippen LogP contribution in [-0.4, -0.2) is 27.0 Å². The van der Waals surface area contributed by atoms with E-state index in [-0.39, 0.29) is 11.9 Å². The molecule has 2 aromatic rings. The Kier molecular flexibility index (Phi) is 4.76. The minimum atomic E-state index is 0.0281. The van der Waals surface area contributed by atoms with E-state index in [1.165, 1.54) is 42.4 Å². The van der Waals surface area contributed by atoms with Crippen molar-refractivity contribution in [3.63, 3.8) is 0 Å². The number of thioether (sulfide) groups is 1. The van der Waals surface area contributed by atoms with Crippen molar-refractivity contribution in [3.05, 3.63) is 40.1 Å². The monoisotopic (exact) mass is 373 g/mol. The number of amidine groups is 1. The number of furan rings is 1. The Morgan fingerprint density at radius 3 is 2.88 bits per heavy atom. The van der Waals surface area contributed by atoms with Gasteiger partial charge in [0, 0.05) is 17.5 Å². The molecule has 1 aliphatic heterocycles. The highest BCUT2D eigenvalue weighted by molar-refractivity contribution is 8.18. The number of carbonyl (C=O) groups is 1. The number of aromatic nitrogens is 1. The number of aryl methyl sites for hydroxylation is 1. The van der Waals surface area contributed by atoms with E-state index in [9.17, 15) is 4.79 Å². The van der Waals surface area contributed by atoms with E-state index in [1.807, 2.05) is 29.3 Å². The summed E-state index contributed by atoms with van der Waals surface area (Å²) < 4.78 is 5.37. The number of aliphatic imine (C=N–C) groups is 1. The molecule has 2 aliphatic rings. The van der Waals surface area contributed by atoms with Gasteiger partial charge in [0.1, 0.15) is 5.76 Å². The van der Waals surface area contributed by atoms with Crippen LogP contribution < -0.4 is 0 Å². The lowest BCUT2D eigenvalue weighted by molar-refractivity contribution is -0.124. The quantitative estimate of drug-likeness (QED) is 0.712. The molecule has 0 aromatic carbocycles. The summed E-state index contributed by atoms with van der Waals surface area (Å²) in [5, 5.41) is 3.42. The summed E-state index contributed by atoms with van der Waals surface area (Å²) in [5.41, 5.74) is 0.953. The van der Waals surface area contributed by atoms with Gasteiger partial charge >= 0.3 is 0 Å². The fraction of sp³-hybridized carbons (Fsp3) is 0.389. The van der Waals surface area contributed by atoms with Crippen molar-refractivity contribution in [2.24, 2.45) is 4.99 Å². The van der Waals surface area contributed by atoms with Crippen molar-refractivity contribution >= 4 is 45.4 Å². The Bertz CT molecular complexity index is 817. The summed E-state index contributed by atoms with van der Waals surface area (Å²) in [6.07, 6.45) is 9.08. The van der Waals surface area contributed by atoms with Crippen LogP contribution in [0, 0.1) is 6.92 Å². The Hall–Kier alpha value is -1.86. The summed E-state index contributed by atoms with van der Waals surface area (Å²) in [7, 11) is 0. The summed E-state index contributed by atoms with van der Waals surface area (Å²) in [6, 6.07) is 3.91. The van der Waals surface area contributed by atoms with Crippen LogP contribution in [0.25, 0.3) is 6.08 Å². The molecule has 0 unspecified atom stereocenters. The van der Waals surface area contributed by atoms with E-state index >= 15 is 0 Å². The van der Waals surface area contributed by atoms with Gasteiger partial charge in [-0.1, -0.05) is 19.3 Å². The van der Waals surface area contributed by atoms with Crippen LogP contribution in [0.4, 0.5) is 5.13 Å². The molecule has 7 heteroatoms. The van der Waals surface area contributed by atoms with Crippen molar-refractivity contribution < 1.29 is 9.21 Å². The van der Waals surface area contributed by atoms with Crippen molar-refractivity contribution in [1.29, 1.82) is 0 Å². The van der Waals surface area contributed by atoms with Crippen LogP contribution in [-0.2, 0) is 4.79 Å². The number of thiazole rings is 1. The second-order valence-corrected chi connectivity index (χ2v) is 8.10. The minimum Gasteiger partial charge on any atom is -0.465 e. The topological polar surface area (TPSA) is 58.7 Å². The highest BCUT2D eigenvalue weighted by atomic mass is 32.2. The van der Waals surface area contributed by atoms with Gasteiger partial charge in [0.2, 0.25) is 5.13 Å². The molecule has 1 saturated carbocycles. The second-order valence-electron chi connectivity index (χ2n) is 6.26. The molecule has 25 heavy (non-hydrogen) atoms. The predicted octanol–water partition coefficient (Wildman–Crippen LogP) is 4.98. The molecule has 3 heterocycles. The first-order chi connectivity index (χ1) is 12.2. The van der Waals surface area contributed by atoms with Gasteiger partial charge in [-0.2, -0.15) is 4.99 Å². The SMILES string of the molecule is Cc1csc(/N=C2/S/C(=C/c3ccco3)C(=O)N2C2CCCCC2)n1. The number of amides is 1. The van der Waals surface area contributed by atoms with E-state index < -0.39 is 0 Å². The maximum absolute atomic E-state index is 13.0. The zero-order valence-electron chi connectivity index (χ0n) is 14.0. The van der Waals surface area contributed by atoms with E-state index in [0.29, 0.717) is 15.8 Å². The molecule has 0 atom stereocenters. The van der Waals surface area contributed by atoms with E-state index in [0.717, 1.165) is 23.7 Å². The summed E-state index contributed by atoms with van der Waals surface area (Å²) in [5.74, 6) is 0.714. The van der Waals surface area contributed by atoms with Crippen LogP contribution in [0.3, 0.4) is 0 Å². The third-order valence-electron chi connectivity index (χ3n) is 4.39. The molecule has 2 aromatic heterocycles. The Labute approximate surface area is 154 Å². The van der Waals surface area contributed by atoms with E-state index in [2.05, 4.69) is 9.98 Å². The molecule has 0 bridgehead atoms. The Morgan fingerprint density at radius 1 is 1.36 bits per heavy atom. The number of nitrogens with zero attached hydrogens (tertiary/aromatic N) is 3. The van der Waals surface area contributed by atoms with Gasteiger partial charge in [-0.05, 0) is 43.7 Å². The number of rotatable bonds is 3. The Balaban J connectivity index is 1.68. The molecule has 0 N–H and O–H groups in total. The van der Waals surface area contributed by atoms with Gasteiger partial charge in [0.05, 0.1) is 16.9 Å². The zero-order valence-corrected chi connectivity index (χ0v) is 15.6. The number of hydrogen-bond donors (Lipinski definition) is 0. The molecule has 5 nitrogen and oxygen atoms in total. The molecule has 0 spiro atoms. The normalized spacial score (nSPS) is 22.4. The van der Waals surface area contributed by atoms with Crippen LogP contribution in [0.1, 0.15) is 43.6 Å². The maximum atomic E-state index is 13.0. The van der Waals surface area contributed by atoms with E-state index in [1.54, 1.807) is 12.3 Å². The van der Waals surface area contributed by atoms with Crippen LogP contribution in [0.2, 0.25) is 0 Å². The molecule has 1 amide bonds. The summed E-state index contributed by atoms with van der Waals surface area (Å²) in [6.45, 7) is 1.95. The molecule has 130 valence electrons. The van der Waals surface area contributed by atoms with Gasteiger partial charge in [0.15, 0.2) is 5.17 Å². The zero-order chi connectivity index (χ0) is 17.2. The van der Waals surface area contributed by atoms with Gasteiger partial charge in [-0.15, -0.1) is 11.3 Å². The predicted molar refractivity (Wildman–Crippen MR) is 102 cm³/mol. The number of carbonyl (C=O) groups excluding carboxylic acids is 1. The smallest absolute Gasteiger partial charge is 0.267 e. The second kappa shape index (κ2) is 7.17. The van der Waals surface area contributed by atoms with Gasteiger partial charge in [-0.3, -0.25) is 9.69 Å². The largest absolute Gasteiger partial charge is 0.465 e. The van der Waals surface area contributed by atoms with Gasteiger partial charge < -0.3 is 4.42 Å². The third-order valence-corrected chi connectivity index (χ3v) is 6.23. The van der Waals surface area contributed by atoms with Crippen LogP contribution >= 0.6 is 23.1 Å². The molecular formula is C18H19N3O2S2. The maximum Gasteiger partial charge on any atom is 0.267 e. The highest BCUT2D eigenvalue weighted by Gasteiger charge is 2.39. The van der Waals surface area contributed by atoms with Gasteiger partial charge in [0.25, 0.3) is 5.91 Å². The standard InChI is InChI=1S/C18H19N3O2S2/c1-12-11-24-17(19-12)20-18-21(13-6-3-2-4-7-13)16(22)15(25-18)10-14-8-5-9-23-14/h5,8-11,13H,2-4,6-7H2,1H3/b15-10+,20-18+. The lowest BCUT2D eigenvalue weighted by Gasteiger charge is -2.30. The first-order valence-electron chi connectivity index (χ1n) is 8.48. The van der Waals surface area contributed by atoms with Crippen molar-refractivity contribution in [2.45, 2.75) is 45.1 Å². The van der Waals surface area contributed by atoms with E-state index in [4.69, 9.17) is 4.42 Å². The van der Waals surface area contributed by atoms with Crippen LogP contribution in [0.5, 0.6) is 0 Å². The molecule has 0 radical (unpaired) electrons. The first kappa shape index (κ1) is 16.6. The lowest BCUT2D eigenvalue weighted by Crippen LogP contribution is -2.40. The first-order valence-corrected chi connectivity index (χ1v) is 10.2. The lowest BCUT2D eigenvalue weighted by atomic mass is 9.94. The number of hydrogen-bond acceptors (Lipinski definition) is 6. The molecule has 1 saturated heterocycles. The fourth-order valence-corrected chi connectivity index (χ4v) is 4.95. The average Bonchev–Trinajstić information content (AvgIpc) is 3.32. The van der Waals surface area contributed by atoms with Crippen molar-refractivity contribution in [2.75, 3.05) is 0 Å².